The number of amides is 1. The zero-order chi connectivity index (χ0) is 18.7. The smallest absolute Gasteiger partial charge is 0.230 e. The van der Waals surface area contributed by atoms with E-state index in [2.05, 4.69) is 27.1 Å². The molecule has 0 bridgehead atoms. The van der Waals surface area contributed by atoms with E-state index in [0.717, 1.165) is 29.2 Å². The molecule has 8 heteroatoms. The average Bonchev–Trinajstić information content (AvgIpc) is 3.25. The topological polar surface area (TPSA) is 74.8 Å². The minimum atomic E-state index is -0.0524. The molecule has 3 aromatic rings. The van der Waals surface area contributed by atoms with E-state index in [9.17, 15) is 4.79 Å². The predicted molar refractivity (Wildman–Crippen MR) is 106 cm³/mol. The van der Waals surface area contributed by atoms with Gasteiger partial charge in [0.05, 0.1) is 11.4 Å². The Morgan fingerprint density at radius 2 is 2.08 bits per heavy atom. The van der Waals surface area contributed by atoms with Crippen LogP contribution in [0.3, 0.4) is 0 Å². The number of thiazole rings is 1. The number of rotatable bonds is 6. The van der Waals surface area contributed by atoms with Gasteiger partial charge in [-0.05, 0) is 37.1 Å². The second kappa shape index (κ2) is 8.01. The highest BCUT2D eigenvalue weighted by Crippen LogP contribution is 2.31. The molecule has 6 nitrogen and oxygen atoms in total. The molecule has 2 heterocycles. The van der Waals surface area contributed by atoms with Gasteiger partial charge in [0.25, 0.3) is 0 Å². The predicted octanol–water partition coefficient (Wildman–Crippen LogP) is 4.42. The molecule has 0 aliphatic heterocycles. The van der Waals surface area contributed by atoms with Crippen LogP contribution < -0.4 is 4.90 Å². The lowest BCUT2D eigenvalue weighted by Gasteiger charge is -2.19. The first kappa shape index (κ1) is 18.6. The standard InChI is InChI=1S/C18H21N5OS2/c1-5-16-20-17(22-21-16)25-9-14-10-26-18(19-14)23(13(4)24)15-7-6-11(2)12(3)8-15/h6-8,10H,5,9H2,1-4H3,(H,20,21,22). The van der Waals surface area contributed by atoms with Crippen LogP contribution in [0.25, 0.3) is 0 Å². The Kier molecular flexibility index (Phi) is 5.73. The SMILES string of the molecule is CCc1nc(SCc2csc(N(C(C)=O)c3ccc(C)c(C)c3)n2)n[nH]1. The lowest BCUT2D eigenvalue weighted by Crippen LogP contribution is -2.22. The highest BCUT2D eigenvalue weighted by molar-refractivity contribution is 7.98. The summed E-state index contributed by atoms with van der Waals surface area (Å²) in [5.41, 5.74) is 4.10. The second-order valence-corrected chi connectivity index (χ2v) is 7.73. The van der Waals surface area contributed by atoms with E-state index >= 15 is 0 Å². The Morgan fingerprint density at radius 3 is 2.73 bits per heavy atom. The molecule has 1 aromatic carbocycles. The van der Waals surface area contributed by atoms with E-state index < -0.39 is 0 Å². The highest BCUT2D eigenvalue weighted by Gasteiger charge is 2.18. The van der Waals surface area contributed by atoms with Crippen molar-refractivity contribution in [1.82, 2.24) is 20.2 Å². The first-order valence-electron chi connectivity index (χ1n) is 8.34. The minimum absolute atomic E-state index is 0.0524. The van der Waals surface area contributed by atoms with Crippen LogP contribution in [0.4, 0.5) is 10.8 Å². The normalized spacial score (nSPS) is 10.9. The molecule has 1 N–H and O–H groups in total. The summed E-state index contributed by atoms with van der Waals surface area (Å²) in [4.78, 5) is 22.9. The number of aryl methyl sites for hydroxylation is 3. The number of thioether (sulfide) groups is 1. The monoisotopic (exact) mass is 387 g/mol. The van der Waals surface area contributed by atoms with E-state index in [1.165, 1.54) is 28.7 Å². The number of H-pyrrole nitrogens is 1. The summed E-state index contributed by atoms with van der Waals surface area (Å²) in [7, 11) is 0. The van der Waals surface area contributed by atoms with Crippen LogP contribution >= 0.6 is 23.1 Å². The molecule has 3 rings (SSSR count). The summed E-state index contributed by atoms with van der Waals surface area (Å²) < 4.78 is 0. The number of carbonyl (C=O) groups excluding carboxylic acids is 1. The summed E-state index contributed by atoms with van der Waals surface area (Å²) in [5.74, 6) is 1.49. The molecule has 0 fully saturated rings. The van der Waals surface area contributed by atoms with Crippen LogP contribution in [0.1, 0.15) is 36.5 Å². The third-order valence-electron chi connectivity index (χ3n) is 3.99. The Bertz CT molecular complexity index is 918. The molecule has 26 heavy (non-hydrogen) atoms. The molecule has 136 valence electrons. The van der Waals surface area contributed by atoms with Gasteiger partial charge in [-0.1, -0.05) is 24.8 Å². The number of benzene rings is 1. The van der Waals surface area contributed by atoms with Crippen molar-refractivity contribution in [2.24, 2.45) is 0 Å². The number of anilines is 2. The third kappa shape index (κ3) is 4.13. The fourth-order valence-electron chi connectivity index (χ4n) is 2.40. The number of aromatic nitrogens is 4. The summed E-state index contributed by atoms with van der Waals surface area (Å²) in [6, 6.07) is 6.01. The van der Waals surface area contributed by atoms with E-state index in [-0.39, 0.29) is 5.91 Å². The number of nitrogens with one attached hydrogen (secondary N) is 1. The molecule has 0 saturated heterocycles. The van der Waals surface area contributed by atoms with Gasteiger partial charge in [-0.15, -0.1) is 16.4 Å². The molecule has 0 unspecified atom stereocenters. The molecule has 0 aliphatic rings. The van der Waals surface area contributed by atoms with Gasteiger partial charge in [0.2, 0.25) is 11.1 Å². The van der Waals surface area contributed by atoms with Crippen molar-refractivity contribution in [3.8, 4) is 0 Å². The van der Waals surface area contributed by atoms with Crippen LogP contribution in [0.15, 0.2) is 28.7 Å². The van der Waals surface area contributed by atoms with Crippen LogP contribution in [0.5, 0.6) is 0 Å². The lowest BCUT2D eigenvalue weighted by molar-refractivity contribution is -0.115. The van der Waals surface area contributed by atoms with Crippen LogP contribution in [-0.4, -0.2) is 26.1 Å². The first-order valence-corrected chi connectivity index (χ1v) is 10.2. The average molecular weight is 388 g/mol. The quantitative estimate of drug-likeness (QED) is 0.634. The molecule has 0 aliphatic carbocycles. The maximum Gasteiger partial charge on any atom is 0.230 e. The number of hydrogen-bond donors (Lipinski definition) is 1. The summed E-state index contributed by atoms with van der Waals surface area (Å²) in [5, 5.41) is 10.5. The van der Waals surface area contributed by atoms with Crippen molar-refractivity contribution in [3.63, 3.8) is 0 Å². The van der Waals surface area contributed by atoms with Gasteiger partial charge in [-0.2, -0.15) is 0 Å². The molecule has 0 saturated carbocycles. The van der Waals surface area contributed by atoms with Gasteiger partial charge < -0.3 is 0 Å². The minimum Gasteiger partial charge on any atom is -0.274 e. The van der Waals surface area contributed by atoms with E-state index in [4.69, 9.17) is 0 Å². The molecule has 0 atom stereocenters. The third-order valence-corrected chi connectivity index (χ3v) is 5.75. The van der Waals surface area contributed by atoms with Gasteiger partial charge in [0.1, 0.15) is 5.82 Å². The summed E-state index contributed by atoms with van der Waals surface area (Å²) in [6.45, 7) is 7.70. The van der Waals surface area contributed by atoms with Gasteiger partial charge in [-0.3, -0.25) is 14.8 Å². The number of aromatic amines is 1. The Hall–Kier alpha value is -2.19. The van der Waals surface area contributed by atoms with Crippen LogP contribution in [-0.2, 0) is 17.0 Å². The molecule has 0 radical (unpaired) electrons. The van der Waals surface area contributed by atoms with Crippen LogP contribution in [0, 0.1) is 13.8 Å². The van der Waals surface area contributed by atoms with Crippen molar-refractivity contribution in [2.75, 3.05) is 4.90 Å². The molecular weight excluding hydrogens is 366 g/mol. The fraction of sp³-hybridized carbons (Fsp3) is 0.333. The number of carbonyl (C=O) groups is 1. The summed E-state index contributed by atoms with van der Waals surface area (Å²) in [6.07, 6.45) is 0.831. The maximum absolute atomic E-state index is 12.2. The number of nitrogens with zero attached hydrogens (tertiary/aromatic N) is 4. The Balaban J connectivity index is 1.76. The van der Waals surface area contributed by atoms with Crippen molar-refractivity contribution >= 4 is 39.8 Å². The van der Waals surface area contributed by atoms with Crippen LogP contribution in [0.2, 0.25) is 0 Å². The zero-order valence-electron chi connectivity index (χ0n) is 15.2. The summed E-state index contributed by atoms with van der Waals surface area (Å²) >= 11 is 3.00. The van der Waals surface area contributed by atoms with Gasteiger partial charge in [0.15, 0.2) is 5.13 Å². The van der Waals surface area contributed by atoms with Crippen molar-refractivity contribution < 1.29 is 4.79 Å². The zero-order valence-corrected chi connectivity index (χ0v) is 16.9. The van der Waals surface area contributed by atoms with Crippen molar-refractivity contribution in [1.29, 1.82) is 0 Å². The molecular formula is C18H21N5OS2. The second-order valence-electron chi connectivity index (χ2n) is 5.95. The molecule has 1 amide bonds. The first-order chi connectivity index (χ1) is 12.5. The Labute approximate surface area is 161 Å². The largest absolute Gasteiger partial charge is 0.274 e. The fourth-order valence-corrected chi connectivity index (χ4v) is 4.10. The van der Waals surface area contributed by atoms with Crippen molar-refractivity contribution in [3.05, 3.63) is 46.2 Å². The van der Waals surface area contributed by atoms with Gasteiger partial charge in [0, 0.05) is 24.5 Å². The molecule has 0 spiro atoms. The highest BCUT2D eigenvalue weighted by atomic mass is 32.2. The molecule has 2 aromatic heterocycles. The van der Waals surface area contributed by atoms with E-state index in [0.29, 0.717) is 16.0 Å². The number of hydrogen-bond acceptors (Lipinski definition) is 6. The lowest BCUT2D eigenvalue weighted by atomic mass is 10.1. The maximum atomic E-state index is 12.2. The van der Waals surface area contributed by atoms with E-state index in [1.807, 2.05) is 37.4 Å². The van der Waals surface area contributed by atoms with Gasteiger partial charge in [-0.25, -0.2) is 9.97 Å². The van der Waals surface area contributed by atoms with Gasteiger partial charge >= 0.3 is 0 Å². The van der Waals surface area contributed by atoms with Crippen molar-refractivity contribution in [2.45, 2.75) is 45.0 Å². The van der Waals surface area contributed by atoms with E-state index in [1.54, 1.807) is 11.8 Å². The Morgan fingerprint density at radius 1 is 1.27 bits per heavy atom.